The van der Waals surface area contributed by atoms with Gasteiger partial charge in [0.05, 0.1) is 6.61 Å². The average molecular weight is 348 g/mol. The van der Waals surface area contributed by atoms with Gasteiger partial charge in [0.25, 0.3) is 0 Å². The third kappa shape index (κ3) is 3.26. The number of allylic oxidation sites excluding steroid dienone is 1. The lowest BCUT2D eigenvalue weighted by Gasteiger charge is -2.51. The average Bonchev–Trinajstić information content (AvgIpc) is 3.21. The van der Waals surface area contributed by atoms with Crippen LogP contribution in [-0.4, -0.2) is 73.3 Å². The molecule has 140 valence electrons. The van der Waals surface area contributed by atoms with Gasteiger partial charge >= 0.3 is 6.09 Å². The Bertz CT molecular complexity index is 536. The number of rotatable bonds is 3. The monoisotopic (exact) mass is 348 g/mol. The van der Waals surface area contributed by atoms with Gasteiger partial charge in [-0.25, -0.2) is 10.2 Å². The topological polar surface area (TPSA) is 48.1 Å². The first-order valence-corrected chi connectivity index (χ1v) is 9.93. The number of hydrogen-bond donors (Lipinski definition) is 1. The molecule has 0 aromatic carbocycles. The maximum Gasteiger partial charge on any atom is 0.409 e. The number of nitrogens with zero attached hydrogens (tertiary/aromatic N) is 3. The number of carbonyl (C=O) groups is 1. The molecule has 1 aliphatic carbocycles. The molecule has 0 bridgehead atoms. The van der Waals surface area contributed by atoms with E-state index in [2.05, 4.69) is 28.5 Å². The fourth-order valence-electron chi connectivity index (χ4n) is 5.35. The van der Waals surface area contributed by atoms with Crippen LogP contribution in [0.4, 0.5) is 4.79 Å². The molecule has 1 amide bonds. The molecular formula is C19H32N4O2. The number of hydrogen-bond acceptors (Lipinski definition) is 5. The molecular weight excluding hydrogens is 316 g/mol. The van der Waals surface area contributed by atoms with Gasteiger partial charge in [0.2, 0.25) is 0 Å². The van der Waals surface area contributed by atoms with E-state index in [0.29, 0.717) is 12.0 Å². The summed E-state index contributed by atoms with van der Waals surface area (Å²) in [7, 11) is 2.14. The Balaban J connectivity index is 1.23. The van der Waals surface area contributed by atoms with Gasteiger partial charge in [0, 0.05) is 44.3 Å². The second kappa shape index (κ2) is 6.80. The van der Waals surface area contributed by atoms with Crippen LogP contribution >= 0.6 is 0 Å². The van der Waals surface area contributed by atoms with Crippen molar-refractivity contribution in [3.8, 4) is 0 Å². The summed E-state index contributed by atoms with van der Waals surface area (Å²) in [5.74, 6) is 0.719. The van der Waals surface area contributed by atoms with Gasteiger partial charge in [-0.3, -0.25) is 0 Å². The predicted molar refractivity (Wildman–Crippen MR) is 96.8 cm³/mol. The second-order valence-electron chi connectivity index (χ2n) is 8.29. The highest BCUT2D eigenvalue weighted by Gasteiger charge is 2.51. The van der Waals surface area contributed by atoms with Crippen molar-refractivity contribution in [2.24, 2.45) is 11.3 Å². The van der Waals surface area contributed by atoms with Crippen molar-refractivity contribution in [2.45, 2.75) is 45.1 Å². The summed E-state index contributed by atoms with van der Waals surface area (Å²) in [5, 5.41) is 2.21. The van der Waals surface area contributed by atoms with Gasteiger partial charge in [-0.15, -0.1) is 0 Å². The number of amides is 1. The second-order valence-corrected chi connectivity index (χ2v) is 8.29. The summed E-state index contributed by atoms with van der Waals surface area (Å²) in [6.45, 7) is 7.55. The molecule has 2 saturated heterocycles. The highest BCUT2D eigenvalue weighted by atomic mass is 16.6. The summed E-state index contributed by atoms with van der Waals surface area (Å²) in [4.78, 5) is 16.5. The molecule has 1 saturated carbocycles. The first-order chi connectivity index (χ1) is 12.1. The van der Waals surface area contributed by atoms with Crippen molar-refractivity contribution in [1.29, 1.82) is 0 Å². The number of hydrazine groups is 1. The van der Waals surface area contributed by atoms with Crippen LogP contribution in [0, 0.1) is 11.3 Å². The van der Waals surface area contributed by atoms with Crippen molar-refractivity contribution in [1.82, 2.24) is 20.2 Å². The zero-order chi connectivity index (χ0) is 17.4. The van der Waals surface area contributed by atoms with Crippen LogP contribution in [0.3, 0.4) is 0 Å². The van der Waals surface area contributed by atoms with Crippen molar-refractivity contribution in [2.75, 3.05) is 46.4 Å². The van der Waals surface area contributed by atoms with Gasteiger partial charge in [-0.05, 0) is 63.6 Å². The standard InChI is InChI=1S/C19H32N4O2/c1-3-25-18(24)23-11-7-19(14-23)12-16(13-19)22-9-5-15(6-10-22)17-4-8-20-21(17)2/h4,15-16,20H,3,5-14H2,1-2H3. The maximum absolute atomic E-state index is 11.9. The smallest absolute Gasteiger partial charge is 0.409 e. The molecule has 0 radical (unpaired) electrons. The van der Waals surface area contributed by atoms with E-state index in [1.54, 1.807) is 0 Å². The number of likely N-dealkylation sites (tertiary alicyclic amines) is 2. The molecule has 0 unspecified atom stereocenters. The van der Waals surface area contributed by atoms with E-state index in [4.69, 9.17) is 4.74 Å². The fourth-order valence-corrected chi connectivity index (χ4v) is 5.35. The van der Waals surface area contributed by atoms with Crippen LogP contribution in [0.2, 0.25) is 0 Å². The largest absolute Gasteiger partial charge is 0.450 e. The zero-order valence-electron chi connectivity index (χ0n) is 15.7. The maximum atomic E-state index is 11.9. The summed E-state index contributed by atoms with van der Waals surface area (Å²) < 4.78 is 5.16. The van der Waals surface area contributed by atoms with Gasteiger partial charge < -0.3 is 19.5 Å². The van der Waals surface area contributed by atoms with Gasteiger partial charge in [0.15, 0.2) is 0 Å². The lowest BCUT2D eigenvalue weighted by atomic mass is 9.64. The zero-order valence-corrected chi connectivity index (χ0v) is 15.7. The van der Waals surface area contributed by atoms with Gasteiger partial charge in [-0.1, -0.05) is 0 Å². The molecule has 3 heterocycles. The Kier molecular flexibility index (Phi) is 4.67. The minimum absolute atomic E-state index is 0.119. The van der Waals surface area contributed by atoms with Crippen molar-refractivity contribution in [3.05, 3.63) is 11.8 Å². The summed E-state index contributed by atoms with van der Waals surface area (Å²) in [6.07, 6.45) is 8.46. The van der Waals surface area contributed by atoms with Gasteiger partial charge in [0.1, 0.15) is 0 Å². The molecule has 6 nitrogen and oxygen atoms in total. The minimum atomic E-state index is -0.119. The van der Waals surface area contributed by atoms with E-state index >= 15 is 0 Å². The SMILES string of the molecule is CCOC(=O)N1CCC2(CC(N3CCC(C4=CCNN4C)CC3)C2)C1. The lowest BCUT2D eigenvalue weighted by Crippen LogP contribution is -2.54. The fraction of sp³-hybridized carbons (Fsp3) is 0.842. The van der Waals surface area contributed by atoms with E-state index in [0.717, 1.165) is 38.0 Å². The normalized spacial score (nSPS) is 33.7. The molecule has 4 rings (SSSR count). The van der Waals surface area contributed by atoms with Crippen molar-refractivity contribution in [3.63, 3.8) is 0 Å². The molecule has 0 atom stereocenters. The predicted octanol–water partition coefficient (Wildman–Crippen LogP) is 2.04. The van der Waals surface area contributed by atoms with Crippen LogP contribution < -0.4 is 5.43 Å². The van der Waals surface area contributed by atoms with Crippen LogP contribution in [-0.2, 0) is 4.74 Å². The molecule has 3 fully saturated rings. The molecule has 0 aromatic rings. The number of carbonyl (C=O) groups excluding carboxylic acids is 1. The Labute approximate surface area is 151 Å². The van der Waals surface area contributed by atoms with E-state index in [1.165, 1.54) is 44.5 Å². The van der Waals surface area contributed by atoms with Crippen LogP contribution in [0.5, 0.6) is 0 Å². The molecule has 0 aromatic heterocycles. The molecule has 25 heavy (non-hydrogen) atoms. The number of nitrogens with one attached hydrogen (secondary N) is 1. The highest BCUT2D eigenvalue weighted by molar-refractivity contribution is 5.68. The molecule has 4 aliphatic rings. The molecule has 6 heteroatoms. The summed E-state index contributed by atoms with van der Waals surface area (Å²) in [6, 6.07) is 0.733. The Hall–Kier alpha value is -1.27. The van der Waals surface area contributed by atoms with E-state index in [-0.39, 0.29) is 6.09 Å². The van der Waals surface area contributed by atoms with E-state index < -0.39 is 0 Å². The van der Waals surface area contributed by atoms with Gasteiger partial charge in [-0.2, -0.15) is 0 Å². The van der Waals surface area contributed by atoms with E-state index in [9.17, 15) is 4.79 Å². The first-order valence-electron chi connectivity index (χ1n) is 9.93. The summed E-state index contributed by atoms with van der Waals surface area (Å²) >= 11 is 0. The summed E-state index contributed by atoms with van der Waals surface area (Å²) in [5.41, 5.74) is 5.24. The van der Waals surface area contributed by atoms with Crippen LogP contribution in [0.25, 0.3) is 0 Å². The lowest BCUT2D eigenvalue weighted by molar-refractivity contribution is -0.00848. The molecule has 3 aliphatic heterocycles. The van der Waals surface area contributed by atoms with Crippen LogP contribution in [0.15, 0.2) is 11.8 Å². The quantitative estimate of drug-likeness (QED) is 0.846. The highest BCUT2D eigenvalue weighted by Crippen LogP contribution is 2.50. The number of piperidine rings is 1. The molecule has 1 N–H and O–H groups in total. The van der Waals surface area contributed by atoms with Crippen molar-refractivity contribution >= 4 is 6.09 Å². The third-order valence-corrected chi connectivity index (χ3v) is 6.79. The first kappa shape index (κ1) is 17.2. The van der Waals surface area contributed by atoms with E-state index in [1.807, 2.05) is 11.8 Å². The van der Waals surface area contributed by atoms with Crippen molar-refractivity contribution < 1.29 is 9.53 Å². The Morgan fingerprint density at radius 1 is 1.32 bits per heavy atom. The van der Waals surface area contributed by atoms with Crippen LogP contribution in [0.1, 0.15) is 39.0 Å². The molecule has 1 spiro atoms. The Morgan fingerprint density at radius 2 is 2.08 bits per heavy atom. The number of ether oxygens (including phenoxy) is 1. The minimum Gasteiger partial charge on any atom is -0.450 e. The third-order valence-electron chi connectivity index (χ3n) is 6.79. The Morgan fingerprint density at radius 3 is 2.72 bits per heavy atom.